The van der Waals surface area contributed by atoms with Crippen LogP contribution in [0.4, 0.5) is 10.5 Å². The van der Waals surface area contributed by atoms with Gasteiger partial charge in [0.1, 0.15) is 0 Å². The fourth-order valence-corrected chi connectivity index (χ4v) is 2.97. The quantitative estimate of drug-likeness (QED) is 0.877. The molecule has 2 atom stereocenters. The summed E-state index contributed by atoms with van der Waals surface area (Å²) in [6.45, 7) is 7.50. The SMILES string of the molecule is CCc1ccc(CC)c(NC(=O)N2CCOC[C@H]2C[C@@H](C)O)c1. The summed E-state index contributed by atoms with van der Waals surface area (Å²) in [4.78, 5) is 14.5. The van der Waals surface area contributed by atoms with Crippen molar-refractivity contribution in [1.82, 2.24) is 4.90 Å². The van der Waals surface area contributed by atoms with Gasteiger partial charge in [0.25, 0.3) is 0 Å². The van der Waals surface area contributed by atoms with E-state index in [-0.39, 0.29) is 12.1 Å². The number of carbonyl (C=O) groups excluding carboxylic acids is 1. The second-order valence-corrected chi connectivity index (χ2v) is 6.14. The third-order valence-electron chi connectivity index (χ3n) is 4.31. The Bertz CT molecular complexity index is 531. The number of aliphatic hydroxyl groups excluding tert-OH is 1. The fourth-order valence-electron chi connectivity index (χ4n) is 2.97. The maximum atomic E-state index is 12.7. The van der Waals surface area contributed by atoms with Gasteiger partial charge in [0.05, 0.1) is 25.4 Å². The molecule has 1 saturated heterocycles. The van der Waals surface area contributed by atoms with Crippen LogP contribution >= 0.6 is 0 Å². The van der Waals surface area contributed by atoms with Gasteiger partial charge in [-0.3, -0.25) is 0 Å². The topological polar surface area (TPSA) is 61.8 Å². The van der Waals surface area contributed by atoms with E-state index in [9.17, 15) is 9.90 Å². The van der Waals surface area contributed by atoms with Crippen LogP contribution in [0.15, 0.2) is 18.2 Å². The highest BCUT2D eigenvalue weighted by atomic mass is 16.5. The van der Waals surface area contributed by atoms with Crippen LogP contribution in [0.1, 0.15) is 38.3 Å². The molecule has 0 bridgehead atoms. The van der Waals surface area contributed by atoms with Gasteiger partial charge in [0.2, 0.25) is 0 Å². The molecule has 0 saturated carbocycles. The van der Waals surface area contributed by atoms with Crippen molar-refractivity contribution in [3.8, 4) is 0 Å². The number of aryl methyl sites for hydroxylation is 2. The Hall–Kier alpha value is -1.59. The highest BCUT2D eigenvalue weighted by Gasteiger charge is 2.28. The molecule has 2 N–H and O–H groups in total. The molecule has 5 nitrogen and oxygen atoms in total. The molecule has 1 aliphatic rings. The number of carbonyl (C=O) groups is 1. The standard InChI is InChI=1S/C18H28N2O3/c1-4-14-6-7-15(5-2)17(11-14)19-18(22)20-8-9-23-12-16(20)10-13(3)21/h6-7,11,13,16,21H,4-5,8-10,12H2,1-3H3,(H,19,22)/t13-,16-/m1/s1. The minimum Gasteiger partial charge on any atom is -0.393 e. The first-order valence-electron chi connectivity index (χ1n) is 8.50. The second kappa shape index (κ2) is 8.31. The minimum absolute atomic E-state index is 0.0804. The molecule has 128 valence electrons. The van der Waals surface area contributed by atoms with E-state index >= 15 is 0 Å². The van der Waals surface area contributed by atoms with Gasteiger partial charge < -0.3 is 20.1 Å². The van der Waals surface area contributed by atoms with E-state index in [1.54, 1.807) is 11.8 Å². The Morgan fingerprint density at radius 2 is 2.22 bits per heavy atom. The molecule has 0 aromatic heterocycles. The number of aliphatic hydroxyl groups is 1. The molecule has 2 amide bonds. The summed E-state index contributed by atoms with van der Waals surface area (Å²) >= 11 is 0. The number of nitrogens with zero attached hydrogens (tertiary/aromatic N) is 1. The molecule has 0 radical (unpaired) electrons. The lowest BCUT2D eigenvalue weighted by Gasteiger charge is -2.36. The summed E-state index contributed by atoms with van der Waals surface area (Å²) in [6, 6.07) is 6.06. The number of hydrogen-bond acceptors (Lipinski definition) is 3. The van der Waals surface area contributed by atoms with Crippen LogP contribution in [0.25, 0.3) is 0 Å². The van der Waals surface area contributed by atoms with Gasteiger partial charge in [0.15, 0.2) is 0 Å². The number of rotatable bonds is 5. The summed E-state index contributed by atoms with van der Waals surface area (Å²) < 4.78 is 5.46. The predicted molar refractivity (Wildman–Crippen MR) is 91.8 cm³/mol. The predicted octanol–water partition coefficient (Wildman–Crippen LogP) is 2.82. The number of morpholine rings is 1. The third kappa shape index (κ3) is 4.69. The lowest BCUT2D eigenvalue weighted by molar-refractivity contribution is -0.00160. The average Bonchev–Trinajstić information content (AvgIpc) is 2.54. The number of hydrogen-bond donors (Lipinski definition) is 2. The molecule has 5 heteroatoms. The molecule has 2 rings (SSSR count). The molecule has 0 unspecified atom stereocenters. The van der Waals surface area contributed by atoms with Crippen molar-refractivity contribution in [2.24, 2.45) is 0 Å². The lowest BCUT2D eigenvalue weighted by atomic mass is 10.1. The van der Waals surface area contributed by atoms with Crippen molar-refractivity contribution in [3.05, 3.63) is 29.3 Å². The maximum Gasteiger partial charge on any atom is 0.322 e. The van der Waals surface area contributed by atoms with Gasteiger partial charge in [-0.05, 0) is 43.4 Å². The zero-order valence-electron chi connectivity index (χ0n) is 14.3. The van der Waals surface area contributed by atoms with Gasteiger partial charge in [-0.2, -0.15) is 0 Å². The van der Waals surface area contributed by atoms with Crippen LogP contribution in [0, 0.1) is 0 Å². The smallest absolute Gasteiger partial charge is 0.322 e. The van der Waals surface area contributed by atoms with Gasteiger partial charge in [-0.25, -0.2) is 4.79 Å². The van der Waals surface area contributed by atoms with E-state index in [2.05, 4.69) is 37.4 Å². The summed E-state index contributed by atoms with van der Waals surface area (Å²) in [5.74, 6) is 0. The van der Waals surface area contributed by atoms with Crippen molar-refractivity contribution >= 4 is 11.7 Å². The Labute approximate surface area is 138 Å². The molecule has 1 aliphatic heterocycles. The first kappa shape index (κ1) is 17.8. The first-order valence-corrected chi connectivity index (χ1v) is 8.50. The third-order valence-corrected chi connectivity index (χ3v) is 4.31. The van der Waals surface area contributed by atoms with Gasteiger partial charge in [0, 0.05) is 12.2 Å². The number of nitrogens with one attached hydrogen (secondary N) is 1. The molecule has 1 heterocycles. The van der Waals surface area contributed by atoms with Crippen LogP contribution < -0.4 is 5.32 Å². The van der Waals surface area contributed by atoms with Crippen LogP contribution in [0.3, 0.4) is 0 Å². The largest absolute Gasteiger partial charge is 0.393 e. The number of benzene rings is 1. The molecule has 0 aliphatic carbocycles. The highest BCUT2D eigenvalue weighted by molar-refractivity contribution is 5.90. The molecular weight excluding hydrogens is 292 g/mol. The number of anilines is 1. The summed E-state index contributed by atoms with van der Waals surface area (Å²) in [6.07, 6.45) is 1.89. The van der Waals surface area contributed by atoms with E-state index in [4.69, 9.17) is 4.74 Å². The average molecular weight is 320 g/mol. The summed E-state index contributed by atoms with van der Waals surface area (Å²) in [5, 5.41) is 12.7. The Balaban J connectivity index is 2.13. The van der Waals surface area contributed by atoms with Crippen molar-refractivity contribution in [3.63, 3.8) is 0 Å². The second-order valence-electron chi connectivity index (χ2n) is 6.14. The van der Waals surface area contributed by atoms with Crippen LogP contribution in [-0.2, 0) is 17.6 Å². The van der Waals surface area contributed by atoms with E-state index in [1.807, 2.05) is 0 Å². The van der Waals surface area contributed by atoms with Crippen LogP contribution in [0.5, 0.6) is 0 Å². The van der Waals surface area contributed by atoms with Gasteiger partial charge >= 0.3 is 6.03 Å². The lowest BCUT2D eigenvalue weighted by Crippen LogP contribution is -2.51. The molecule has 1 fully saturated rings. The molecular formula is C18H28N2O3. The van der Waals surface area contributed by atoms with Gasteiger partial charge in [-0.1, -0.05) is 26.0 Å². The van der Waals surface area contributed by atoms with Crippen LogP contribution in [0.2, 0.25) is 0 Å². The Kier molecular flexibility index (Phi) is 6.42. The van der Waals surface area contributed by atoms with E-state index in [0.717, 1.165) is 24.1 Å². The minimum atomic E-state index is -0.452. The summed E-state index contributed by atoms with van der Waals surface area (Å²) in [5.41, 5.74) is 3.23. The molecule has 1 aromatic rings. The highest BCUT2D eigenvalue weighted by Crippen LogP contribution is 2.21. The van der Waals surface area contributed by atoms with Crippen molar-refractivity contribution < 1.29 is 14.6 Å². The normalized spacial score (nSPS) is 19.5. The number of amides is 2. The van der Waals surface area contributed by atoms with E-state index in [1.165, 1.54) is 5.56 Å². The number of urea groups is 1. The van der Waals surface area contributed by atoms with Gasteiger partial charge in [-0.15, -0.1) is 0 Å². The number of ether oxygens (including phenoxy) is 1. The Morgan fingerprint density at radius 1 is 1.43 bits per heavy atom. The fraction of sp³-hybridized carbons (Fsp3) is 0.611. The maximum absolute atomic E-state index is 12.7. The van der Waals surface area contributed by atoms with Crippen LogP contribution in [-0.4, -0.2) is 47.9 Å². The molecule has 1 aromatic carbocycles. The monoisotopic (exact) mass is 320 g/mol. The zero-order valence-corrected chi connectivity index (χ0v) is 14.3. The first-order chi connectivity index (χ1) is 11.0. The van der Waals surface area contributed by atoms with Crippen molar-refractivity contribution in [2.75, 3.05) is 25.1 Å². The Morgan fingerprint density at radius 3 is 2.87 bits per heavy atom. The molecule has 0 spiro atoms. The van der Waals surface area contributed by atoms with Crippen molar-refractivity contribution in [2.45, 2.75) is 52.2 Å². The van der Waals surface area contributed by atoms with E-state index in [0.29, 0.717) is 26.2 Å². The summed E-state index contributed by atoms with van der Waals surface area (Å²) in [7, 11) is 0. The van der Waals surface area contributed by atoms with E-state index < -0.39 is 6.10 Å². The zero-order chi connectivity index (χ0) is 16.8. The molecule has 23 heavy (non-hydrogen) atoms. The van der Waals surface area contributed by atoms with Crippen molar-refractivity contribution in [1.29, 1.82) is 0 Å².